The van der Waals surface area contributed by atoms with Crippen molar-refractivity contribution < 1.29 is 22.8 Å². The summed E-state index contributed by atoms with van der Waals surface area (Å²) in [4.78, 5) is 38.8. The van der Waals surface area contributed by atoms with Crippen LogP contribution in [0.2, 0.25) is 0 Å². The minimum atomic E-state index is -3.70. The monoisotopic (exact) mass is 458 g/mol. The molecule has 0 spiro atoms. The molecule has 1 aliphatic rings. The lowest BCUT2D eigenvalue weighted by Crippen LogP contribution is -2.45. The van der Waals surface area contributed by atoms with Gasteiger partial charge < -0.3 is 4.90 Å². The topological polar surface area (TPSA) is 116 Å². The Hall–Kier alpha value is -3.24. The van der Waals surface area contributed by atoms with Crippen LogP contribution in [0.1, 0.15) is 29.3 Å². The van der Waals surface area contributed by atoms with Crippen LogP contribution in [0.3, 0.4) is 0 Å². The average molecular weight is 459 g/mol. The summed E-state index contributed by atoms with van der Waals surface area (Å²) < 4.78 is 25.5. The number of hydrogen-bond donors (Lipinski definition) is 2. The number of nitrogens with zero attached hydrogens (tertiary/aromatic N) is 2. The van der Waals surface area contributed by atoms with Crippen LogP contribution in [0.15, 0.2) is 53.4 Å². The molecule has 170 valence electrons. The fourth-order valence-electron chi connectivity index (χ4n) is 3.35. The second kappa shape index (κ2) is 9.49. The zero-order valence-corrected chi connectivity index (χ0v) is 19.0. The van der Waals surface area contributed by atoms with Gasteiger partial charge in [0, 0.05) is 38.3 Å². The molecule has 32 heavy (non-hydrogen) atoms. The summed E-state index contributed by atoms with van der Waals surface area (Å²) in [7, 11) is -0.907. The van der Waals surface area contributed by atoms with Crippen molar-refractivity contribution in [3.63, 3.8) is 0 Å². The number of hydrogen-bond acceptors (Lipinski definition) is 5. The summed E-state index contributed by atoms with van der Waals surface area (Å²) in [6.45, 7) is 2.25. The van der Waals surface area contributed by atoms with Crippen molar-refractivity contribution in [1.82, 2.24) is 15.2 Å². The van der Waals surface area contributed by atoms with Crippen LogP contribution in [0.5, 0.6) is 0 Å². The van der Waals surface area contributed by atoms with Crippen molar-refractivity contribution in [3.8, 4) is 0 Å². The number of benzene rings is 2. The number of hydrazine groups is 1. The van der Waals surface area contributed by atoms with E-state index < -0.39 is 27.8 Å². The Labute approximate surface area is 187 Å². The summed E-state index contributed by atoms with van der Waals surface area (Å²) >= 11 is 0. The van der Waals surface area contributed by atoms with Crippen LogP contribution >= 0.6 is 0 Å². The van der Waals surface area contributed by atoms with Gasteiger partial charge >= 0.3 is 0 Å². The molecule has 2 N–H and O–H groups in total. The number of carbonyl (C=O) groups excluding carboxylic acids is 3. The van der Waals surface area contributed by atoms with E-state index in [1.807, 2.05) is 31.2 Å². The molecule has 1 heterocycles. The van der Waals surface area contributed by atoms with E-state index in [1.165, 1.54) is 38.4 Å². The largest absolute Gasteiger partial charge is 0.312 e. The lowest BCUT2D eigenvalue weighted by atomic mass is 10.1. The molecule has 1 unspecified atom stereocenters. The number of nitrogens with one attached hydrogen (secondary N) is 2. The smallest absolute Gasteiger partial charge is 0.269 e. The van der Waals surface area contributed by atoms with Crippen LogP contribution in [-0.4, -0.2) is 51.1 Å². The van der Waals surface area contributed by atoms with Crippen molar-refractivity contribution in [2.45, 2.75) is 24.7 Å². The van der Waals surface area contributed by atoms with Crippen molar-refractivity contribution in [3.05, 3.63) is 59.7 Å². The SMILES string of the molecule is CCc1ccc(N2CC(C(=O)NNC(=O)c3cccc(S(=O)(=O)N(C)C)c3)CC2=O)cc1. The molecule has 2 aromatic rings. The van der Waals surface area contributed by atoms with Gasteiger partial charge in [-0.05, 0) is 42.3 Å². The van der Waals surface area contributed by atoms with E-state index in [1.54, 1.807) is 4.90 Å². The Morgan fingerprint density at radius 1 is 1.09 bits per heavy atom. The van der Waals surface area contributed by atoms with E-state index in [-0.39, 0.29) is 29.3 Å². The summed E-state index contributed by atoms with van der Waals surface area (Å²) in [6.07, 6.45) is 0.927. The van der Waals surface area contributed by atoms with Crippen molar-refractivity contribution in [2.75, 3.05) is 25.5 Å². The molecule has 0 bridgehead atoms. The number of aryl methyl sites for hydroxylation is 1. The molecule has 1 atom stereocenters. The normalized spacial score (nSPS) is 16.3. The maximum Gasteiger partial charge on any atom is 0.269 e. The molecule has 2 aromatic carbocycles. The summed E-state index contributed by atoms with van der Waals surface area (Å²) in [5.74, 6) is -1.93. The van der Waals surface area contributed by atoms with Gasteiger partial charge in [0.25, 0.3) is 5.91 Å². The molecule has 0 aromatic heterocycles. The minimum absolute atomic E-state index is 0.0346. The van der Waals surface area contributed by atoms with Gasteiger partial charge in [0.05, 0.1) is 10.8 Å². The third kappa shape index (κ3) is 4.97. The van der Waals surface area contributed by atoms with Crippen LogP contribution in [0, 0.1) is 5.92 Å². The van der Waals surface area contributed by atoms with Gasteiger partial charge in [-0.15, -0.1) is 0 Å². The van der Waals surface area contributed by atoms with E-state index >= 15 is 0 Å². The van der Waals surface area contributed by atoms with Gasteiger partial charge in [0.1, 0.15) is 0 Å². The maximum absolute atomic E-state index is 12.5. The van der Waals surface area contributed by atoms with E-state index in [9.17, 15) is 22.8 Å². The van der Waals surface area contributed by atoms with Gasteiger partial charge in [-0.1, -0.05) is 25.1 Å². The van der Waals surface area contributed by atoms with Gasteiger partial charge in [-0.25, -0.2) is 12.7 Å². The maximum atomic E-state index is 12.5. The first-order valence-corrected chi connectivity index (χ1v) is 11.6. The highest BCUT2D eigenvalue weighted by Crippen LogP contribution is 2.25. The first kappa shape index (κ1) is 23.4. The van der Waals surface area contributed by atoms with E-state index in [0.29, 0.717) is 0 Å². The van der Waals surface area contributed by atoms with Gasteiger partial charge in [-0.2, -0.15) is 0 Å². The summed E-state index contributed by atoms with van der Waals surface area (Å²) in [5.41, 5.74) is 6.59. The average Bonchev–Trinajstić information content (AvgIpc) is 3.18. The molecular weight excluding hydrogens is 432 g/mol. The van der Waals surface area contributed by atoms with Crippen molar-refractivity contribution >= 4 is 33.4 Å². The third-order valence-electron chi connectivity index (χ3n) is 5.33. The fourth-order valence-corrected chi connectivity index (χ4v) is 4.29. The predicted octanol–water partition coefficient (Wildman–Crippen LogP) is 1.31. The van der Waals surface area contributed by atoms with Gasteiger partial charge in [0.2, 0.25) is 21.8 Å². The fraction of sp³-hybridized carbons (Fsp3) is 0.318. The molecule has 10 heteroatoms. The Balaban J connectivity index is 1.61. The van der Waals surface area contributed by atoms with Crippen LogP contribution < -0.4 is 15.8 Å². The van der Waals surface area contributed by atoms with Gasteiger partial charge in [0.15, 0.2) is 0 Å². The number of carbonyl (C=O) groups is 3. The van der Waals surface area contributed by atoms with E-state index in [0.717, 1.165) is 22.0 Å². The summed E-state index contributed by atoms with van der Waals surface area (Å²) in [5, 5.41) is 0. The van der Waals surface area contributed by atoms with Crippen LogP contribution in [0.25, 0.3) is 0 Å². The Kier molecular flexibility index (Phi) is 6.95. The Morgan fingerprint density at radius 3 is 2.41 bits per heavy atom. The van der Waals surface area contributed by atoms with E-state index in [2.05, 4.69) is 10.9 Å². The van der Waals surface area contributed by atoms with Crippen LogP contribution in [-0.2, 0) is 26.0 Å². The third-order valence-corrected chi connectivity index (χ3v) is 7.14. The number of sulfonamides is 1. The second-order valence-corrected chi connectivity index (χ2v) is 9.84. The zero-order chi connectivity index (χ0) is 23.5. The van der Waals surface area contributed by atoms with Crippen LogP contribution in [0.4, 0.5) is 5.69 Å². The first-order chi connectivity index (χ1) is 15.1. The first-order valence-electron chi connectivity index (χ1n) is 10.2. The zero-order valence-electron chi connectivity index (χ0n) is 18.2. The standard InChI is InChI=1S/C22H26N4O5S/c1-4-15-8-10-18(11-9-15)26-14-17(13-20(26)27)22(29)24-23-21(28)16-6-5-7-19(12-16)32(30,31)25(2)3/h5-12,17H,4,13-14H2,1-3H3,(H,23,28)(H,24,29). The quantitative estimate of drug-likeness (QED) is 0.634. The minimum Gasteiger partial charge on any atom is -0.312 e. The number of anilines is 1. The molecule has 9 nitrogen and oxygen atoms in total. The highest BCUT2D eigenvalue weighted by molar-refractivity contribution is 7.89. The molecule has 0 saturated carbocycles. The number of amides is 3. The van der Waals surface area contributed by atoms with Crippen molar-refractivity contribution in [2.24, 2.45) is 5.92 Å². The van der Waals surface area contributed by atoms with Crippen molar-refractivity contribution in [1.29, 1.82) is 0 Å². The Bertz CT molecular complexity index is 1130. The summed E-state index contributed by atoms with van der Waals surface area (Å²) in [6, 6.07) is 13.1. The van der Waals surface area contributed by atoms with E-state index in [4.69, 9.17) is 0 Å². The lowest BCUT2D eigenvalue weighted by molar-refractivity contribution is -0.126. The second-order valence-electron chi connectivity index (χ2n) is 7.68. The molecule has 1 aliphatic heterocycles. The highest BCUT2D eigenvalue weighted by Gasteiger charge is 2.35. The highest BCUT2D eigenvalue weighted by atomic mass is 32.2. The molecule has 0 aliphatic carbocycles. The molecule has 1 fully saturated rings. The number of rotatable bonds is 6. The molecule has 3 rings (SSSR count). The molecule has 1 saturated heterocycles. The Morgan fingerprint density at radius 2 is 1.78 bits per heavy atom. The molecule has 3 amide bonds. The molecule has 0 radical (unpaired) electrons. The van der Waals surface area contributed by atoms with Gasteiger partial charge in [-0.3, -0.25) is 25.2 Å². The molecular formula is C22H26N4O5S. The predicted molar refractivity (Wildman–Crippen MR) is 119 cm³/mol. The lowest BCUT2D eigenvalue weighted by Gasteiger charge is -2.17.